The van der Waals surface area contributed by atoms with Gasteiger partial charge in [0, 0.05) is 30.3 Å². The number of rotatable bonds is 5. The number of amides is 1. The summed E-state index contributed by atoms with van der Waals surface area (Å²) in [4.78, 5) is 17.9. The standard InChI is InChI=1S/C17H24N2O2S/c20-17(19-8-10-21-11-9-19)13-18-7-6-15(12-18)14-22-16-4-2-1-3-5-16/h1-5,15H,6-14H2/t15-/m0/s1. The minimum absolute atomic E-state index is 0.264. The summed E-state index contributed by atoms with van der Waals surface area (Å²) in [5.74, 6) is 2.11. The van der Waals surface area contributed by atoms with Crippen molar-refractivity contribution in [2.45, 2.75) is 11.3 Å². The Hall–Kier alpha value is -1.04. The van der Waals surface area contributed by atoms with Gasteiger partial charge in [0.1, 0.15) is 0 Å². The lowest BCUT2D eigenvalue weighted by atomic mass is 10.2. The smallest absolute Gasteiger partial charge is 0.236 e. The first-order chi connectivity index (χ1) is 10.8. The number of morpholine rings is 1. The predicted molar refractivity (Wildman–Crippen MR) is 89.1 cm³/mol. The van der Waals surface area contributed by atoms with Crippen LogP contribution in [0.4, 0.5) is 0 Å². The lowest BCUT2D eigenvalue weighted by Gasteiger charge is -2.28. The van der Waals surface area contributed by atoms with E-state index in [0.29, 0.717) is 25.7 Å². The number of likely N-dealkylation sites (tertiary alicyclic amines) is 1. The number of nitrogens with zero attached hydrogens (tertiary/aromatic N) is 2. The van der Waals surface area contributed by atoms with E-state index in [2.05, 4.69) is 35.2 Å². The van der Waals surface area contributed by atoms with Gasteiger partial charge in [0.15, 0.2) is 0 Å². The van der Waals surface area contributed by atoms with Crippen LogP contribution in [0.25, 0.3) is 0 Å². The van der Waals surface area contributed by atoms with Crippen LogP contribution in [0, 0.1) is 5.92 Å². The maximum Gasteiger partial charge on any atom is 0.236 e. The van der Waals surface area contributed by atoms with E-state index in [1.807, 2.05) is 16.7 Å². The fraction of sp³-hybridized carbons (Fsp3) is 0.588. The number of carbonyl (C=O) groups excluding carboxylic acids is 1. The molecule has 120 valence electrons. The normalized spacial score (nSPS) is 22.9. The number of benzene rings is 1. The highest BCUT2D eigenvalue weighted by Crippen LogP contribution is 2.25. The Morgan fingerprint density at radius 2 is 1.95 bits per heavy atom. The van der Waals surface area contributed by atoms with E-state index in [1.54, 1.807) is 0 Å². The van der Waals surface area contributed by atoms with Crippen molar-refractivity contribution in [1.29, 1.82) is 0 Å². The van der Waals surface area contributed by atoms with Crippen molar-refractivity contribution in [1.82, 2.24) is 9.80 Å². The van der Waals surface area contributed by atoms with Gasteiger partial charge in [-0.2, -0.15) is 0 Å². The molecule has 1 amide bonds. The Labute approximate surface area is 136 Å². The van der Waals surface area contributed by atoms with Crippen LogP contribution in [-0.4, -0.2) is 67.4 Å². The van der Waals surface area contributed by atoms with Gasteiger partial charge in [-0.05, 0) is 31.0 Å². The molecule has 1 aromatic carbocycles. The first-order valence-electron chi connectivity index (χ1n) is 8.07. The van der Waals surface area contributed by atoms with E-state index in [0.717, 1.165) is 31.9 Å². The zero-order valence-corrected chi connectivity index (χ0v) is 13.8. The molecule has 2 fully saturated rings. The molecule has 2 heterocycles. The van der Waals surface area contributed by atoms with Crippen molar-refractivity contribution in [2.24, 2.45) is 5.92 Å². The average Bonchev–Trinajstić information content (AvgIpc) is 3.02. The fourth-order valence-corrected chi connectivity index (χ4v) is 4.08. The first kappa shape index (κ1) is 15.8. The summed E-state index contributed by atoms with van der Waals surface area (Å²) in [6.45, 7) is 5.54. The number of hydrogen-bond acceptors (Lipinski definition) is 4. The second-order valence-electron chi connectivity index (χ2n) is 6.01. The van der Waals surface area contributed by atoms with E-state index in [9.17, 15) is 4.79 Å². The molecule has 0 bridgehead atoms. The first-order valence-corrected chi connectivity index (χ1v) is 9.05. The Balaban J connectivity index is 1.39. The Morgan fingerprint density at radius 3 is 2.73 bits per heavy atom. The Morgan fingerprint density at radius 1 is 1.18 bits per heavy atom. The molecule has 0 N–H and O–H groups in total. The van der Waals surface area contributed by atoms with Crippen LogP contribution in [0.2, 0.25) is 0 Å². The molecule has 22 heavy (non-hydrogen) atoms. The van der Waals surface area contributed by atoms with Crippen molar-refractivity contribution in [2.75, 3.05) is 51.7 Å². The molecule has 1 aromatic rings. The van der Waals surface area contributed by atoms with Crippen molar-refractivity contribution in [3.63, 3.8) is 0 Å². The molecule has 0 aliphatic carbocycles. The van der Waals surface area contributed by atoms with Crippen molar-refractivity contribution in [3.8, 4) is 0 Å². The Bertz CT molecular complexity index is 477. The highest BCUT2D eigenvalue weighted by molar-refractivity contribution is 7.99. The van der Waals surface area contributed by atoms with Gasteiger partial charge in [0.05, 0.1) is 19.8 Å². The van der Waals surface area contributed by atoms with Crippen molar-refractivity contribution in [3.05, 3.63) is 30.3 Å². The summed E-state index contributed by atoms with van der Waals surface area (Å²) < 4.78 is 5.30. The molecule has 2 aliphatic heterocycles. The molecular formula is C17H24N2O2S. The average molecular weight is 320 g/mol. The minimum Gasteiger partial charge on any atom is -0.378 e. The third-order valence-electron chi connectivity index (χ3n) is 4.32. The molecule has 4 nitrogen and oxygen atoms in total. The molecular weight excluding hydrogens is 296 g/mol. The molecule has 0 saturated carbocycles. The fourth-order valence-electron chi connectivity index (χ4n) is 3.03. The van der Waals surface area contributed by atoms with Crippen LogP contribution < -0.4 is 0 Å². The summed E-state index contributed by atoms with van der Waals surface area (Å²) in [7, 11) is 0. The largest absolute Gasteiger partial charge is 0.378 e. The van der Waals surface area contributed by atoms with Gasteiger partial charge in [-0.15, -0.1) is 11.8 Å². The lowest BCUT2D eigenvalue weighted by Crippen LogP contribution is -2.45. The number of carbonyl (C=O) groups is 1. The summed E-state index contributed by atoms with van der Waals surface area (Å²) >= 11 is 1.93. The second-order valence-corrected chi connectivity index (χ2v) is 7.10. The summed E-state index contributed by atoms with van der Waals surface area (Å²) in [5.41, 5.74) is 0. The molecule has 3 rings (SSSR count). The van der Waals surface area contributed by atoms with Crippen molar-refractivity contribution < 1.29 is 9.53 Å². The summed E-state index contributed by atoms with van der Waals surface area (Å²) in [5, 5.41) is 0. The zero-order valence-electron chi connectivity index (χ0n) is 12.9. The number of thioether (sulfide) groups is 1. The van der Waals surface area contributed by atoms with Gasteiger partial charge in [-0.1, -0.05) is 18.2 Å². The molecule has 0 radical (unpaired) electrons. The van der Waals surface area contributed by atoms with E-state index in [4.69, 9.17) is 4.74 Å². The minimum atomic E-state index is 0.264. The van der Waals surface area contributed by atoms with Crippen LogP contribution in [0.3, 0.4) is 0 Å². The van der Waals surface area contributed by atoms with Crippen LogP contribution in [0.15, 0.2) is 35.2 Å². The van der Waals surface area contributed by atoms with Gasteiger partial charge >= 0.3 is 0 Å². The topological polar surface area (TPSA) is 32.8 Å². The molecule has 1 atom stereocenters. The van der Waals surface area contributed by atoms with Gasteiger partial charge < -0.3 is 9.64 Å². The van der Waals surface area contributed by atoms with Crippen LogP contribution in [0.1, 0.15) is 6.42 Å². The molecule has 0 aromatic heterocycles. The SMILES string of the molecule is O=C(CN1CC[C@H](CSc2ccccc2)C1)N1CCOCC1. The van der Waals surface area contributed by atoms with Gasteiger partial charge in [0.2, 0.25) is 5.91 Å². The number of ether oxygens (including phenoxy) is 1. The van der Waals surface area contributed by atoms with E-state index in [-0.39, 0.29) is 5.91 Å². The second kappa shape index (κ2) is 7.99. The monoisotopic (exact) mass is 320 g/mol. The van der Waals surface area contributed by atoms with E-state index >= 15 is 0 Å². The molecule has 0 spiro atoms. The third-order valence-corrected chi connectivity index (χ3v) is 5.57. The third kappa shape index (κ3) is 4.48. The molecule has 0 unspecified atom stereocenters. The Kier molecular flexibility index (Phi) is 5.76. The molecule has 2 aliphatic rings. The summed E-state index contributed by atoms with van der Waals surface area (Å²) in [6, 6.07) is 10.6. The summed E-state index contributed by atoms with van der Waals surface area (Å²) in [6.07, 6.45) is 1.20. The molecule has 2 saturated heterocycles. The van der Waals surface area contributed by atoms with Gasteiger partial charge in [-0.25, -0.2) is 0 Å². The van der Waals surface area contributed by atoms with E-state index in [1.165, 1.54) is 11.3 Å². The maximum absolute atomic E-state index is 12.3. The van der Waals surface area contributed by atoms with Crippen LogP contribution >= 0.6 is 11.8 Å². The quantitative estimate of drug-likeness (QED) is 0.777. The predicted octanol–water partition coefficient (Wildman–Crippen LogP) is 1.96. The number of hydrogen-bond donors (Lipinski definition) is 0. The van der Waals surface area contributed by atoms with Crippen LogP contribution in [-0.2, 0) is 9.53 Å². The zero-order chi connectivity index (χ0) is 15.2. The highest BCUT2D eigenvalue weighted by atomic mass is 32.2. The van der Waals surface area contributed by atoms with E-state index < -0.39 is 0 Å². The van der Waals surface area contributed by atoms with Gasteiger partial charge in [-0.3, -0.25) is 9.69 Å². The van der Waals surface area contributed by atoms with Gasteiger partial charge in [0.25, 0.3) is 0 Å². The lowest BCUT2D eigenvalue weighted by molar-refractivity contribution is -0.136. The van der Waals surface area contributed by atoms with Crippen LogP contribution in [0.5, 0.6) is 0 Å². The van der Waals surface area contributed by atoms with Crippen molar-refractivity contribution >= 4 is 17.7 Å². The molecule has 5 heteroatoms. The maximum atomic E-state index is 12.3. The highest BCUT2D eigenvalue weighted by Gasteiger charge is 2.26.